The van der Waals surface area contributed by atoms with E-state index in [4.69, 9.17) is 21.7 Å². The number of anilines is 1. The van der Waals surface area contributed by atoms with E-state index in [0.29, 0.717) is 5.11 Å². The number of hydrogen-bond acceptors (Lipinski definition) is 3. The number of ether oxygens (including phenoxy) is 2. The minimum absolute atomic E-state index is 0.139. The molecule has 1 aromatic carbocycles. The van der Waals surface area contributed by atoms with Crippen molar-refractivity contribution in [1.29, 1.82) is 0 Å². The van der Waals surface area contributed by atoms with Crippen molar-refractivity contribution in [2.45, 2.75) is 19.4 Å². The largest absolute Gasteiger partial charge is 0.497 e. The van der Waals surface area contributed by atoms with E-state index in [1.807, 2.05) is 29.3 Å². The van der Waals surface area contributed by atoms with Gasteiger partial charge in [0.1, 0.15) is 11.5 Å². The Hall–Kier alpha value is -1.75. The van der Waals surface area contributed by atoms with Gasteiger partial charge in [0.15, 0.2) is 5.11 Å². The first-order chi connectivity index (χ1) is 8.96. The van der Waals surface area contributed by atoms with Gasteiger partial charge in [0.05, 0.1) is 25.4 Å². The van der Waals surface area contributed by atoms with Crippen LogP contribution in [-0.4, -0.2) is 24.9 Å². The highest BCUT2D eigenvalue weighted by Gasteiger charge is 2.25. The van der Waals surface area contributed by atoms with Gasteiger partial charge in [-0.05, 0) is 44.3 Å². The predicted octanol–water partition coefficient (Wildman–Crippen LogP) is 2.69. The Balaban J connectivity index is 2.43. The van der Waals surface area contributed by atoms with Crippen molar-refractivity contribution >= 4 is 23.0 Å². The van der Waals surface area contributed by atoms with Crippen LogP contribution in [0.1, 0.15) is 13.8 Å². The first-order valence-electron chi connectivity index (χ1n) is 5.99. The zero-order valence-corrected chi connectivity index (χ0v) is 12.4. The van der Waals surface area contributed by atoms with Gasteiger partial charge in [0, 0.05) is 12.3 Å². The molecule has 0 aromatic heterocycles. The van der Waals surface area contributed by atoms with E-state index in [1.54, 1.807) is 14.2 Å². The molecular weight excluding hydrogens is 260 g/mol. The molecule has 4 nitrogen and oxygen atoms in total. The SMILES string of the molecule is COc1ccc(OC)c(N2C=CC(C)(C)NC2=S)c1. The molecule has 0 saturated carbocycles. The highest BCUT2D eigenvalue weighted by Crippen LogP contribution is 2.34. The Morgan fingerprint density at radius 1 is 1.21 bits per heavy atom. The quantitative estimate of drug-likeness (QED) is 0.860. The fraction of sp³-hybridized carbons (Fsp3) is 0.357. The van der Waals surface area contributed by atoms with Crippen molar-refractivity contribution in [2.24, 2.45) is 0 Å². The van der Waals surface area contributed by atoms with Gasteiger partial charge in [-0.15, -0.1) is 0 Å². The maximum atomic E-state index is 5.41. The Morgan fingerprint density at radius 2 is 1.95 bits per heavy atom. The molecule has 0 amide bonds. The van der Waals surface area contributed by atoms with E-state index in [0.717, 1.165) is 17.2 Å². The number of thiocarbonyl (C=S) groups is 1. The summed E-state index contributed by atoms with van der Waals surface area (Å²) in [6.45, 7) is 4.13. The number of hydrogen-bond donors (Lipinski definition) is 1. The van der Waals surface area contributed by atoms with Crippen LogP contribution in [-0.2, 0) is 0 Å². The summed E-state index contributed by atoms with van der Waals surface area (Å²) in [5.74, 6) is 1.51. The summed E-state index contributed by atoms with van der Waals surface area (Å²) >= 11 is 5.41. The fourth-order valence-electron chi connectivity index (χ4n) is 1.88. The van der Waals surface area contributed by atoms with Crippen LogP contribution in [0.15, 0.2) is 30.5 Å². The lowest BCUT2D eigenvalue weighted by Gasteiger charge is -2.35. The van der Waals surface area contributed by atoms with Gasteiger partial charge in [-0.3, -0.25) is 4.90 Å². The van der Waals surface area contributed by atoms with Gasteiger partial charge in [-0.2, -0.15) is 0 Å². The number of benzene rings is 1. The normalized spacial score (nSPS) is 17.1. The van der Waals surface area contributed by atoms with Gasteiger partial charge in [0.2, 0.25) is 0 Å². The van der Waals surface area contributed by atoms with Crippen LogP contribution in [0, 0.1) is 0 Å². The Morgan fingerprint density at radius 3 is 2.53 bits per heavy atom. The first kappa shape index (κ1) is 13.7. The second kappa shape index (κ2) is 5.09. The molecule has 1 aromatic rings. The zero-order chi connectivity index (χ0) is 14.0. The molecule has 0 fully saturated rings. The molecule has 1 aliphatic rings. The lowest BCUT2D eigenvalue weighted by atomic mass is 10.0. The standard InChI is InChI=1S/C14H18N2O2S/c1-14(2)7-8-16(13(19)15-14)11-9-10(17-3)5-6-12(11)18-4/h5-9H,1-4H3,(H,15,19). The summed E-state index contributed by atoms with van der Waals surface area (Å²) in [5.41, 5.74) is 0.714. The van der Waals surface area contributed by atoms with Crippen LogP contribution in [0.4, 0.5) is 5.69 Å². The predicted molar refractivity (Wildman–Crippen MR) is 81.0 cm³/mol. The van der Waals surface area contributed by atoms with Crippen LogP contribution in [0.25, 0.3) is 0 Å². The molecule has 5 heteroatoms. The van der Waals surface area contributed by atoms with Gasteiger partial charge in [-0.25, -0.2) is 0 Å². The third-order valence-electron chi connectivity index (χ3n) is 2.93. The average Bonchev–Trinajstić information content (AvgIpc) is 2.37. The molecule has 2 rings (SSSR count). The molecule has 1 heterocycles. The molecule has 1 N–H and O–H groups in total. The summed E-state index contributed by atoms with van der Waals surface area (Å²) in [4.78, 5) is 1.88. The second-order valence-electron chi connectivity index (χ2n) is 4.88. The average molecular weight is 278 g/mol. The van der Waals surface area contributed by atoms with Gasteiger partial charge in [-0.1, -0.05) is 0 Å². The molecule has 0 aliphatic carbocycles. The summed E-state index contributed by atoms with van der Waals surface area (Å²) in [5, 5.41) is 3.91. The molecule has 0 radical (unpaired) electrons. The van der Waals surface area contributed by atoms with Crippen LogP contribution in [0.3, 0.4) is 0 Å². The van der Waals surface area contributed by atoms with Crippen molar-refractivity contribution in [3.05, 3.63) is 30.5 Å². The third kappa shape index (κ3) is 2.81. The minimum atomic E-state index is -0.139. The summed E-state index contributed by atoms with van der Waals surface area (Å²) in [6, 6.07) is 5.62. The van der Waals surface area contributed by atoms with E-state index in [9.17, 15) is 0 Å². The highest BCUT2D eigenvalue weighted by atomic mass is 32.1. The Bertz CT molecular complexity index is 526. The lowest BCUT2D eigenvalue weighted by molar-refractivity contribution is 0.404. The van der Waals surface area contributed by atoms with Crippen LogP contribution < -0.4 is 19.7 Å². The number of methoxy groups -OCH3 is 2. The third-order valence-corrected chi connectivity index (χ3v) is 3.23. The van der Waals surface area contributed by atoms with Gasteiger partial charge < -0.3 is 14.8 Å². The molecule has 102 valence electrons. The fourth-order valence-corrected chi connectivity index (χ4v) is 2.30. The van der Waals surface area contributed by atoms with Crippen LogP contribution in [0.5, 0.6) is 11.5 Å². The molecule has 19 heavy (non-hydrogen) atoms. The second-order valence-corrected chi connectivity index (χ2v) is 5.26. The Kier molecular flexibility index (Phi) is 3.66. The van der Waals surface area contributed by atoms with E-state index in [2.05, 4.69) is 25.2 Å². The van der Waals surface area contributed by atoms with E-state index in [1.165, 1.54) is 0 Å². The topological polar surface area (TPSA) is 33.7 Å². The maximum absolute atomic E-state index is 5.41. The smallest absolute Gasteiger partial charge is 0.178 e. The summed E-state index contributed by atoms with van der Waals surface area (Å²) in [7, 11) is 3.27. The van der Waals surface area contributed by atoms with Crippen LogP contribution >= 0.6 is 12.2 Å². The highest BCUT2D eigenvalue weighted by molar-refractivity contribution is 7.80. The summed E-state index contributed by atoms with van der Waals surface area (Å²) < 4.78 is 10.6. The van der Waals surface area contributed by atoms with Crippen molar-refractivity contribution in [1.82, 2.24) is 5.32 Å². The Labute approximate surface area is 119 Å². The molecule has 0 unspecified atom stereocenters. The van der Waals surface area contributed by atoms with Crippen molar-refractivity contribution < 1.29 is 9.47 Å². The molecule has 1 aliphatic heterocycles. The molecule has 0 saturated heterocycles. The lowest BCUT2D eigenvalue weighted by Crippen LogP contribution is -2.51. The minimum Gasteiger partial charge on any atom is -0.497 e. The zero-order valence-electron chi connectivity index (χ0n) is 11.6. The number of rotatable bonds is 3. The van der Waals surface area contributed by atoms with Crippen molar-refractivity contribution in [2.75, 3.05) is 19.1 Å². The van der Waals surface area contributed by atoms with E-state index in [-0.39, 0.29) is 5.54 Å². The molecular formula is C14H18N2O2S. The monoisotopic (exact) mass is 278 g/mol. The van der Waals surface area contributed by atoms with Crippen molar-refractivity contribution in [3.8, 4) is 11.5 Å². The van der Waals surface area contributed by atoms with E-state index >= 15 is 0 Å². The van der Waals surface area contributed by atoms with Gasteiger partial charge >= 0.3 is 0 Å². The van der Waals surface area contributed by atoms with Gasteiger partial charge in [0.25, 0.3) is 0 Å². The summed E-state index contributed by atoms with van der Waals surface area (Å²) in [6.07, 6.45) is 4.01. The van der Waals surface area contributed by atoms with E-state index < -0.39 is 0 Å². The molecule has 0 bridgehead atoms. The van der Waals surface area contributed by atoms with Crippen LogP contribution in [0.2, 0.25) is 0 Å². The number of nitrogens with one attached hydrogen (secondary N) is 1. The van der Waals surface area contributed by atoms with Crippen molar-refractivity contribution in [3.63, 3.8) is 0 Å². The number of nitrogens with zero attached hydrogens (tertiary/aromatic N) is 1. The molecule has 0 spiro atoms. The molecule has 0 atom stereocenters. The maximum Gasteiger partial charge on any atom is 0.178 e. The first-order valence-corrected chi connectivity index (χ1v) is 6.40.